The molecule has 2 atom stereocenters. The molecule has 104 valence electrons. The third kappa shape index (κ3) is 1.44. The molecular formula is C14H12FNO4. The van der Waals surface area contributed by atoms with E-state index in [2.05, 4.69) is 0 Å². The van der Waals surface area contributed by atoms with Gasteiger partial charge in [-0.25, -0.2) is 14.1 Å². The molecule has 2 fully saturated rings. The molecule has 1 N–H and O–H groups in total. The van der Waals surface area contributed by atoms with Gasteiger partial charge in [0.2, 0.25) is 11.8 Å². The molecule has 1 heterocycles. The fourth-order valence-corrected chi connectivity index (χ4v) is 3.05. The van der Waals surface area contributed by atoms with Gasteiger partial charge in [0, 0.05) is 0 Å². The summed E-state index contributed by atoms with van der Waals surface area (Å²) in [7, 11) is 0. The van der Waals surface area contributed by atoms with Crippen LogP contribution < -0.4 is 4.90 Å². The number of fused-ring (bicyclic) bond motifs is 1. The lowest BCUT2D eigenvalue weighted by molar-refractivity contribution is -0.125. The molecule has 0 spiro atoms. The van der Waals surface area contributed by atoms with Crippen molar-refractivity contribution < 1.29 is 23.9 Å². The average Bonchev–Trinajstić information content (AvgIpc) is 2.79. The Morgan fingerprint density at radius 1 is 1.25 bits per heavy atom. The maximum Gasteiger partial charge on any atom is 0.337 e. The van der Waals surface area contributed by atoms with E-state index in [9.17, 15) is 18.8 Å². The largest absolute Gasteiger partial charge is 0.478 e. The van der Waals surface area contributed by atoms with Gasteiger partial charge in [0.15, 0.2) is 0 Å². The maximum atomic E-state index is 13.3. The third-order valence-corrected chi connectivity index (χ3v) is 4.23. The van der Waals surface area contributed by atoms with Gasteiger partial charge >= 0.3 is 5.97 Å². The zero-order valence-electron chi connectivity index (χ0n) is 10.9. The fourth-order valence-electron chi connectivity index (χ4n) is 3.05. The quantitative estimate of drug-likeness (QED) is 0.834. The predicted octanol–water partition coefficient (Wildman–Crippen LogP) is 1.67. The Hall–Kier alpha value is -2.24. The highest BCUT2D eigenvalue weighted by Crippen LogP contribution is 2.63. The normalized spacial score (nSPS) is 26.6. The summed E-state index contributed by atoms with van der Waals surface area (Å²) in [6.07, 6.45) is 0. The number of aromatic carboxylic acids is 1. The van der Waals surface area contributed by atoms with Gasteiger partial charge < -0.3 is 5.11 Å². The van der Waals surface area contributed by atoms with E-state index in [0.717, 1.165) is 23.1 Å². The highest BCUT2D eigenvalue weighted by molar-refractivity contribution is 6.27. The van der Waals surface area contributed by atoms with Crippen LogP contribution in [0, 0.1) is 23.1 Å². The number of halogens is 1. The van der Waals surface area contributed by atoms with Crippen molar-refractivity contribution >= 4 is 23.5 Å². The first-order valence-corrected chi connectivity index (χ1v) is 6.17. The first-order chi connectivity index (χ1) is 9.26. The zero-order chi connectivity index (χ0) is 14.8. The first kappa shape index (κ1) is 12.8. The number of carboxylic acid groups (broad SMARTS) is 1. The van der Waals surface area contributed by atoms with Crippen LogP contribution in [0.4, 0.5) is 10.1 Å². The van der Waals surface area contributed by atoms with E-state index < -0.39 is 35.4 Å². The Kier molecular flexibility index (Phi) is 2.33. The first-order valence-electron chi connectivity index (χ1n) is 6.17. The van der Waals surface area contributed by atoms with E-state index in [-0.39, 0.29) is 16.7 Å². The Morgan fingerprint density at radius 2 is 1.80 bits per heavy atom. The fraction of sp³-hybridized carbons (Fsp3) is 0.357. The lowest BCUT2D eigenvalue weighted by Crippen LogP contribution is -2.37. The van der Waals surface area contributed by atoms with Crippen molar-refractivity contribution in [1.82, 2.24) is 0 Å². The van der Waals surface area contributed by atoms with Crippen LogP contribution in [-0.2, 0) is 9.59 Å². The van der Waals surface area contributed by atoms with Crippen molar-refractivity contribution in [2.75, 3.05) is 4.90 Å². The number of carboxylic acids is 1. The van der Waals surface area contributed by atoms with Gasteiger partial charge in [-0.1, -0.05) is 13.8 Å². The van der Waals surface area contributed by atoms with Crippen LogP contribution in [0.2, 0.25) is 0 Å². The molecule has 20 heavy (non-hydrogen) atoms. The number of benzene rings is 1. The SMILES string of the molecule is CC1(C)C2C(=O)N(c3cc(F)ccc3C(=O)O)C(=O)C21. The van der Waals surface area contributed by atoms with Crippen LogP contribution in [0.1, 0.15) is 24.2 Å². The van der Waals surface area contributed by atoms with E-state index in [1.54, 1.807) is 0 Å². The molecule has 0 aromatic heterocycles. The van der Waals surface area contributed by atoms with Crippen molar-refractivity contribution in [3.8, 4) is 0 Å². The van der Waals surface area contributed by atoms with Crippen LogP contribution in [-0.4, -0.2) is 22.9 Å². The number of carbonyl (C=O) groups excluding carboxylic acids is 2. The number of hydrogen-bond acceptors (Lipinski definition) is 3. The number of imide groups is 1. The molecule has 0 radical (unpaired) electrons. The van der Waals surface area contributed by atoms with Crippen LogP contribution >= 0.6 is 0 Å². The minimum Gasteiger partial charge on any atom is -0.478 e. The van der Waals surface area contributed by atoms with Crippen LogP contribution in [0.15, 0.2) is 18.2 Å². The van der Waals surface area contributed by atoms with Crippen molar-refractivity contribution in [2.24, 2.45) is 17.3 Å². The number of piperidine rings is 1. The van der Waals surface area contributed by atoms with Gasteiger partial charge in [0.1, 0.15) is 5.82 Å². The van der Waals surface area contributed by atoms with Gasteiger partial charge in [0.05, 0.1) is 23.1 Å². The van der Waals surface area contributed by atoms with E-state index in [1.165, 1.54) is 0 Å². The zero-order valence-corrected chi connectivity index (χ0v) is 10.9. The number of amides is 2. The Bertz CT molecular complexity index is 643. The highest BCUT2D eigenvalue weighted by Gasteiger charge is 2.72. The predicted molar refractivity (Wildman–Crippen MR) is 66.6 cm³/mol. The van der Waals surface area contributed by atoms with Crippen molar-refractivity contribution in [3.05, 3.63) is 29.6 Å². The summed E-state index contributed by atoms with van der Waals surface area (Å²) in [5.74, 6) is -3.75. The minimum atomic E-state index is -1.31. The summed E-state index contributed by atoms with van der Waals surface area (Å²) in [5, 5.41) is 9.10. The molecule has 2 aliphatic rings. The molecule has 1 aliphatic heterocycles. The molecule has 6 heteroatoms. The number of nitrogens with zero attached hydrogens (tertiary/aromatic N) is 1. The summed E-state index contributed by atoms with van der Waals surface area (Å²) in [5.41, 5.74) is -0.829. The average molecular weight is 277 g/mol. The standard InChI is InChI=1S/C14H12FNO4/c1-14(2)9-10(14)12(18)16(11(9)17)8-5-6(15)3-4-7(8)13(19)20/h3-5,9-10H,1-2H3,(H,19,20). The topological polar surface area (TPSA) is 74.7 Å². The molecule has 1 saturated heterocycles. The lowest BCUT2D eigenvalue weighted by Gasteiger charge is -2.22. The summed E-state index contributed by atoms with van der Waals surface area (Å²) < 4.78 is 13.3. The molecule has 3 rings (SSSR count). The Balaban J connectivity index is 2.08. The third-order valence-electron chi connectivity index (χ3n) is 4.23. The van der Waals surface area contributed by atoms with Crippen molar-refractivity contribution in [1.29, 1.82) is 0 Å². The van der Waals surface area contributed by atoms with Gasteiger partial charge in [-0.3, -0.25) is 9.59 Å². The summed E-state index contributed by atoms with van der Waals surface area (Å²) in [6, 6.07) is 2.96. The van der Waals surface area contributed by atoms with Crippen LogP contribution in [0.25, 0.3) is 0 Å². The monoisotopic (exact) mass is 277 g/mol. The number of rotatable bonds is 2. The van der Waals surface area contributed by atoms with Gasteiger partial charge in [-0.15, -0.1) is 0 Å². The molecule has 5 nitrogen and oxygen atoms in total. The molecule has 2 amide bonds. The number of hydrogen-bond donors (Lipinski definition) is 1. The minimum absolute atomic E-state index is 0.185. The number of anilines is 1. The molecule has 1 aromatic carbocycles. The van der Waals surface area contributed by atoms with Crippen LogP contribution in [0.5, 0.6) is 0 Å². The molecular weight excluding hydrogens is 265 g/mol. The summed E-state index contributed by atoms with van der Waals surface area (Å²) >= 11 is 0. The van der Waals surface area contributed by atoms with Gasteiger partial charge in [-0.2, -0.15) is 0 Å². The second-order valence-electron chi connectivity index (χ2n) is 5.76. The molecule has 0 bridgehead atoms. The molecule has 1 aromatic rings. The number of carbonyl (C=O) groups is 3. The second kappa shape index (κ2) is 3.65. The van der Waals surface area contributed by atoms with Gasteiger partial charge in [0.25, 0.3) is 0 Å². The summed E-state index contributed by atoms with van der Waals surface area (Å²) in [6.45, 7) is 3.64. The molecule has 1 saturated carbocycles. The van der Waals surface area contributed by atoms with E-state index in [1.807, 2.05) is 13.8 Å². The maximum absolute atomic E-state index is 13.3. The lowest BCUT2D eigenvalue weighted by atomic mass is 10.0. The molecule has 2 unspecified atom stereocenters. The van der Waals surface area contributed by atoms with E-state index in [0.29, 0.717) is 0 Å². The van der Waals surface area contributed by atoms with Gasteiger partial charge in [-0.05, 0) is 23.6 Å². The van der Waals surface area contributed by atoms with Crippen molar-refractivity contribution in [3.63, 3.8) is 0 Å². The highest BCUT2D eigenvalue weighted by atomic mass is 19.1. The van der Waals surface area contributed by atoms with Crippen molar-refractivity contribution in [2.45, 2.75) is 13.8 Å². The molecule has 1 aliphatic carbocycles. The Morgan fingerprint density at radius 3 is 2.30 bits per heavy atom. The second-order valence-corrected chi connectivity index (χ2v) is 5.76. The van der Waals surface area contributed by atoms with E-state index in [4.69, 9.17) is 5.11 Å². The smallest absolute Gasteiger partial charge is 0.337 e. The van der Waals surface area contributed by atoms with E-state index >= 15 is 0 Å². The Labute approximate surface area is 114 Å². The van der Waals surface area contributed by atoms with Crippen LogP contribution in [0.3, 0.4) is 0 Å². The summed E-state index contributed by atoms with van der Waals surface area (Å²) in [4.78, 5) is 36.5.